The number of nitrogens with zero attached hydrogens (tertiary/aromatic N) is 2. The fourth-order valence-corrected chi connectivity index (χ4v) is 2.96. The van der Waals surface area contributed by atoms with Gasteiger partial charge in [0, 0.05) is 18.1 Å². The van der Waals surface area contributed by atoms with Gasteiger partial charge in [-0.15, -0.1) is 0 Å². The number of hydrogen-bond acceptors (Lipinski definition) is 5. The number of carbonyl (C=O) groups excluding carboxylic acids is 1. The molecular weight excluding hydrogens is 284 g/mol. The van der Waals surface area contributed by atoms with Gasteiger partial charge >= 0.3 is 0 Å². The minimum Gasteiger partial charge on any atom is -0.382 e. The van der Waals surface area contributed by atoms with Gasteiger partial charge in [0.05, 0.1) is 0 Å². The monoisotopic (exact) mass is 312 g/mol. The topological polar surface area (TPSA) is 71.2 Å². The summed E-state index contributed by atoms with van der Waals surface area (Å²) < 4.78 is 0. The van der Waals surface area contributed by atoms with E-state index in [1.54, 1.807) is 0 Å². The van der Waals surface area contributed by atoms with E-state index in [1.807, 2.05) is 39.5 Å². The van der Waals surface area contributed by atoms with E-state index >= 15 is 0 Å². The molecule has 1 heterocycles. The molecule has 0 bridgehead atoms. The molecule has 0 saturated carbocycles. The van der Waals surface area contributed by atoms with Crippen molar-refractivity contribution < 1.29 is 4.79 Å². The normalized spacial score (nSPS) is 12.0. The first-order valence-corrected chi connectivity index (χ1v) is 8.18. The number of nitrogen functional groups attached to an aromatic ring is 1. The van der Waals surface area contributed by atoms with E-state index in [2.05, 4.69) is 24.1 Å². The van der Waals surface area contributed by atoms with Crippen molar-refractivity contribution in [2.45, 2.75) is 60.0 Å². The predicted octanol–water partition coefficient (Wildman–Crippen LogP) is 3.44. The molecule has 0 atom stereocenters. The van der Waals surface area contributed by atoms with Gasteiger partial charge in [-0.2, -0.15) is 0 Å². The van der Waals surface area contributed by atoms with Gasteiger partial charge < -0.3 is 16.0 Å². The van der Waals surface area contributed by atoms with E-state index in [4.69, 9.17) is 5.73 Å². The number of hydrogen-bond donors (Lipinski definition) is 2. The Balaban J connectivity index is 3.00. The zero-order chi connectivity index (χ0) is 16.4. The Bertz CT molecular complexity index is 488. The van der Waals surface area contributed by atoms with Crippen molar-refractivity contribution in [2.24, 2.45) is 5.92 Å². The van der Waals surface area contributed by atoms with Crippen molar-refractivity contribution >= 4 is 28.2 Å². The second-order valence-electron chi connectivity index (χ2n) is 7.05. The third kappa shape index (κ3) is 5.19. The molecule has 5 nitrogen and oxygen atoms in total. The Morgan fingerprint density at radius 3 is 2.33 bits per heavy atom. The lowest BCUT2D eigenvalue weighted by atomic mass is 10.1. The van der Waals surface area contributed by atoms with Crippen molar-refractivity contribution in [2.75, 3.05) is 17.6 Å². The van der Waals surface area contributed by atoms with E-state index in [0.29, 0.717) is 21.7 Å². The molecule has 1 aromatic heterocycles. The highest BCUT2D eigenvalue weighted by Crippen LogP contribution is 2.29. The molecule has 120 valence electrons. The van der Waals surface area contributed by atoms with Crippen LogP contribution in [0.3, 0.4) is 0 Å². The van der Waals surface area contributed by atoms with Gasteiger partial charge in [0.2, 0.25) is 0 Å². The molecule has 0 spiro atoms. The number of nitrogens with two attached hydrogens (primary N) is 1. The van der Waals surface area contributed by atoms with Crippen LogP contribution in [0.15, 0.2) is 0 Å². The molecule has 0 aliphatic rings. The Kier molecular flexibility index (Phi) is 5.61. The van der Waals surface area contributed by atoms with Crippen LogP contribution < -0.4 is 11.1 Å². The van der Waals surface area contributed by atoms with Gasteiger partial charge in [0.1, 0.15) is 10.7 Å². The molecule has 1 aromatic rings. The van der Waals surface area contributed by atoms with Gasteiger partial charge in [-0.05, 0) is 40.5 Å². The van der Waals surface area contributed by atoms with Crippen LogP contribution in [0.4, 0.5) is 10.9 Å². The highest BCUT2D eigenvalue weighted by Gasteiger charge is 2.25. The summed E-state index contributed by atoms with van der Waals surface area (Å²) in [5.74, 6) is 0.694. The first-order chi connectivity index (χ1) is 9.51. The van der Waals surface area contributed by atoms with E-state index in [1.165, 1.54) is 11.3 Å². The lowest BCUT2D eigenvalue weighted by molar-refractivity contribution is 0.0688. The molecule has 21 heavy (non-hydrogen) atoms. The number of amides is 1. The molecular formula is C15H28N4OS. The molecule has 1 amide bonds. The molecule has 0 saturated heterocycles. The first kappa shape index (κ1) is 17.8. The molecule has 0 fully saturated rings. The lowest BCUT2D eigenvalue weighted by Gasteiger charge is -2.28. The maximum absolute atomic E-state index is 12.7. The highest BCUT2D eigenvalue weighted by atomic mass is 32.1. The standard InChI is InChI=1S/C15H28N4OS/c1-9(2)8-19(10(3)4)13(20)11-12(16)17-14(21-11)18-15(5,6)7/h9-10H,8,16H2,1-7H3,(H,17,18). The number of nitrogens with one attached hydrogen (secondary N) is 1. The van der Waals surface area contributed by atoms with Crippen molar-refractivity contribution in [3.05, 3.63) is 4.88 Å². The Morgan fingerprint density at radius 1 is 1.33 bits per heavy atom. The largest absolute Gasteiger partial charge is 0.382 e. The fourth-order valence-electron chi connectivity index (χ4n) is 1.91. The molecule has 0 radical (unpaired) electrons. The van der Waals surface area contributed by atoms with Gasteiger partial charge in [-0.3, -0.25) is 4.79 Å². The van der Waals surface area contributed by atoms with Gasteiger partial charge in [-0.1, -0.05) is 25.2 Å². The zero-order valence-corrected chi connectivity index (χ0v) is 15.0. The van der Waals surface area contributed by atoms with Gasteiger partial charge in [0.15, 0.2) is 5.13 Å². The molecule has 1 rings (SSSR count). The van der Waals surface area contributed by atoms with Crippen LogP contribution in [-0.2, 0) is 0 Å². The number of anilines is 2. The highest BCUT2D eigenvalue weighted by molar-refractivity contribution is 7.18. The predicted molar refractivity (Wildman–Crippen MR) is 90.9 cm³/mol. The van der Waals surface area contributed by atoms with Crippen LogP contribution >= 0.6 is 11.3 Å². The SMILES string of the molecule is CC(C)CN(C(=O)c1sc(NC(C)(C)C)nc1N)C(C)C. The third-order valence-electron chi connectivity index (χ3n) is 2.78. The molecule has 6 heteroatoms. The summed E-state index contributed by atoms with van der Waals surface area (Å²) in [5.41, 5.74) is 5.83. The summed E-state index contributed by atoms with van der Waals surface area (Å²) in [6, 6.07) is 0.139. The maximum atomic E-state index is 12.7. The number of thiazole rings is 1. The fraction of sp³-hybridized carbons (Fsp3) is 0.733. The van der Waals surface area contributed by atoms with Crippen LogP contribution in [0.5, 0.6) is 0 Å². The van der Waals surface area contributed by atoms with Crippen LogP contribution in [0.25, 0.3) is 0 Å². The van der Waals surface area contributed by atoms with Crippen LogP contribution in [0.1, 0.15) is 58.1 Å². The number of aromatic nitrogens is 1. The van der Waals surface area contributed by atoms with E-state index in [-0.39, 0.29) is 17.5 Å². The Morgan fingerprint density at radius 2 is 1.90 bits per heavy atom. The molecule has 3 N–H and O–H groups in total. The second kappa shape index (κ2) is 6.64. The van der Waals surface area contributed by atoms with E-state index in [0.717, 1.165) is 6.54 Å². The number of rotatable bonds is 5. The maximum Gasteiger partial charge on any atom is 0.268 e. The summed E-state index contributed by atoms with van der Waals surface area (Å²) in [6.45, 7) is 15.1. The van der Waals surface area contributed by atoms with Gasteiger partial charge in [0.25, 0.3) is 5.91 Å². The van der Waals surface area contributed by atoms with Crippen molar-refractivity contribution in [1.82, 2.24) is 9.88 Å². The quantitative estimate of drug-likeness (QED) is 0.873. The summed E-state index contributed by atoms with van der Waals surface area (Å²) in [4.78, 5) is 19.4. The molecule has 0 aliphatic heterocycles. The molecule has 0 aliphatic carbocycles. The number of carbonyl (C=O) groups is 1. The van der Waals surface area contributed by atoms with Crippen LogP contribution in [-0.4, -0.2) is 33.9 Å². The Labute approximate surface area is 131 Å². The van der Waals surface area contributed by atoms with Crippen molar-refractivity contribution in [3.8, 4) is 0 Å². The third-order valence-corrected chi connectivity index (χ3v) is 3.75. The summed E-state index contributed by atoms with van der Waals surface area (Å²) in [5, 5.41) is 3.95. The zero-order valence-electron chi connectivity index (χ0n) is 14.2. The summed E-state index contributed by atoms with van der Waals surface area (Å²) in [6.07, 6.45) is 0. The van der Waals surface area contributed by atoms with E-state index in [9.17, 15) is 4.79 Å². The van der Waals surface area contributed by atoms with Crippen LogP contribution in [0.2, 0.25) is 0 Å². The smallest absolute Gasteiger partial charge is 0.268 e. The summed E-state index contributed by atoms with van der Waals surface area (Å²) in [7, 11) is 0. The Hall–Kier alpha value is -1.30. The van der Waals surface area contributed by atoms with Crippen LogP contribution in [0, 0.1) is 5.92 Å². The molecule has 0 unspecified atom stereocenters. The first-order valence-electron chi connectivity index (χ1n) is 7.36. The van der Waals surface area contributed by atoms with E-state index < -0.39 is 0 Å². The average Bonchev–Trinajstić information content (AvgIpc) is 2.63. The minimum atomic E-state index is -0.111. The van der Waals surface area contributed by atoms with Crippen molar-refractivity contribution in [3.63, 3.8) is 0 Å². The lowest BCUT2D eigenvalue weighted by Crippen LogP contribution is -2.39. The molecule has 0 aromatic carbocycles. The van der Waals surface area contributed by atoms with Crippen molar-refractivity contribution in [1.29, 1.82) is 0 Å². The second-order valence-corrected chi connectivity index (χ2v) is 8.05. The minimum absolute atomic E-state index is 0.0318. The van der Waals surface area contributed by atoms with Gasteiger partial charge in [-0.25, -0.2) is 4.98 Å². The average molecular weight is 312 g/mol. The summed E-state index contributed by atoms with van der Waals surface area (Å²) >= 11 is 1.33.